The molecule has 20 heavy (non-hydrogen) atoms. The molecular formula is C18H20O2. The van der Waals surface area contributed by atoms with Crippen LogP contribution in [-0.4, -0.2) is 12.6 Å². The Kier molecular flexibility index (Phi) is 4.94. The van der Waals surface area contributed by atoms with Crippen molar-refractivity contribution in [3.8, 4) is 11.1 Å². The number of carbonyl (C=O) groups is 1. The quantitative estimate of drug-likeness (QED) is 0.763. The van der Waals surface area contributed by atoms with Gasteiger partial charge in [0.05, 0.1) is 12.5 Å². The highest BCUT2D eigenvalue weighted by Crippen LogP contribution is 2.25. The zero-order chi connectivity index (χ0) is 14.4. The molecule has 0 aliphatic rings. The Hall–Kier alpha value is -2.09. The average molecular weight is 268 g/mol. The molecule has 104 valence electrons. The van der Waals surface area contributed by atoms with Gasteiger partial charge in [-0.25, -0.2) is 0 Å². The van der Waals surface area contributed by atoms with Gasteiger partial charge in [0.1, 0.15) is 0 Å². The van der Waals surface area contributed by atoms with E-state index in [0.29, 0.717) is 13.0 Å². The van der Waals surface area contributed by atoms with Crippen LogP contribution in [0.4, 0.5) is 0 Å². The summed E-state index contributed by atoms with van der Waals surface area (Å²) in [6, 6.07) is 18.5. The second-order valence-corrected chi connectivity index (χ2v) is 4.88. The minimum Gasteiger partial charge on any atom is -0.466 e. The van der Waals surface area contributed by atoms with Gasteiger partial charge in [-0.3, -0.25) is 4.79 Å². The van der Waals surface area contributed by atoms with Crippen molar-refractivity contribution in [3.05, 3.63) is 60.2 Å². The first-order valence-electron chi connectivity index (χ1n) is 7.02. The molecule has 2 heteroatoms. The Balaban J connectivity index is 2.23. The van der Waals surface area contributed by atoms with Gasteiger partial charge < -0.3 is 4.74 Å². The molecule has 1 atom stereocenters. The summed E-state index contributed by atoms with van der Waals surface area (Å²) in [6.07, 6.45) is 0.698. The van der Waals surface area contributed by atoms with Crippen LogP contribution in [0.25, 0.3) is 11.1 Å². The third-order valence-electron chi connectivity index (χ3n) is 3.32. The van der Waals surface area contributed by atoms with Crippen molar-refractivity contribution in [2.45, 2.75) is 20.3 Å². The lowest BCUT2D eigenvalue weighted by Crippen LogP contribution is -2.17. The van der Waals surface area contributed by atoms with Crippen molar-refractivity contribution in [1.82, 2.24) is 0 Å². The van der Waals surface area contributed by atoms with E-state index in [2.05, 4.69) is 24.3 Å². The van der Waals surface area contributed by atoms with Gasteiger partial charge >= 0.3 is 5.97 Å². The number of benzene rings is 2. The maximum atomic E-state index is 11.8. The predicted octanol–water partition coefficient (Wildman–Crippen LogP) is 4.10. The number of esters is 1. The van der Waals surface area contributed by atoms with E-state index in [1.165, 1.54) is 16.7 Å². The van der Waals surface area contributed by atoms with Gasteiger partial charge in [0.15, 0.2) is 0 Å². The van der Waals surface area contributed by atoms with Gasteiger partial charge in [-0.15, -0.1) is 0 Å². The second kappa shape index (κ2) is 6.90. The fraction of sp³-hybridized carbons (Fsp3) is 0.278. The summed E-state index contributed by atoms with van der Waals surface area (Å²) >= 11 is 0. The highest BCUT2D eigenvalue weighted by atomic mass is 16.5. The number of hydrogen-bond donors (Lipinski definition) is 0. The third kappa shape index (κ3) is 3.47. The summed E-state index contributed by atoms with van der Waals surface area (Å²) in [6.45, 7) is 4.19. The van der Waals surface area contributed by atoms with Gasteiger partial charge in [-0.05, 0) is 30.0 Å². The molecule has 0 amide bonds. The molecule has 0 aliphatic heterocycles. The standard InChI is InChI=1S/C18H20O2/c1-3-20-18(19)14(2)13-16-11-7-8-12-17(16)15-9-5-4-6-10-15/h4-12,14H,3,13H2,1-2H3. The maximum absolute atomic E-state index is 11.8. The van der Waals surface area contributed by atoms with Crippen molar-refractivity contribution in [2.75, 3.05) is 6.61 Å². The second-order valence-electron chi connectivity index (χ2n) is 4.88. The summed E-state index contributed by atoms with van der Waals surface area (Å²) in [5.41, 5.74) is 3.54. The Bertz CT molecular complexity index is 561. The maximum Gasteiger partial charge on any atom is 0.308 e. The van der Waals surface area contributed by atoms with Crippen LogP contribution in [0.15, 0.2) is 54.6 Å². The van der Waals surface area contributed by atoms with Crippen LogP contribution in [0.5, 0.6) is 0 Å². The molecule has 2 nitrogen and oxygen atoms in total. The van der Waals surface area contributed by atoms with E-state index in [9.17, 15) is 4.79 Å². The first-order valence-corrected chi connectivity index (χ1v) is 7.02. The lowest BCUT2D eigenvalue weighted by Gasteiger charge is -2.14. The Labute approximate surface area is 120 Å². The lowest BCUT2D eigenvalue weighted by molar-refractivity contribution is -0.147. The summed E-state index contributed by atoms with van der Waals surface area (Å²) in [5, 5.41) is 0. The normalized spacial score (nSPS) is 11.9. The van der Waals surface area contributed by atoms with Crippen molar-refractivity contribution in [1.29, 1.82) is 0 Å². The van der Waals surface area contributed by atoms with Gasteiger partial charge in [0, 0.05) is 0 Å². The van der Waals surface area contributed by atoms with Crippen LogP contribution in [0.2, 0.25) is 0 Å². The van der Waals surface area contributed by atoms with Crippen LogP contribution in [0, 0.1) is 5.92 Å². The first-order chi connectivity index (χ1) is 9.72. The third-order valence-corrected chi connectivity index (χ3v) is 3.32. The first kappa shape index (κ1) is 14.3. The number of hydrogen-bond acceptors (Lipinski definition) is 2. The van der Waals surface area contributed by atoms with E-state index in [-0.39, 0.29) is 11.9 Å². The Morgan fingerprint density at radius 1 is 1.05 bits per heavy atom. The van der Waals surface area contributed by atoms with Crippen molar-refractivity contribution < 1.29 is 9.53 Å². The van der Waals surface area contributed by atoms with Gasteiger partial charge in [-0.1, -0.05) is 61.5 Å². The van der Waals surface area contributed by atoms with E-state index in [0.717, 1.165) is 0 Å². The average Bonchev–Trinajstić information content (AvgIpc) is 2.49. The lowest BCUT2D eigenvalue weighted by atomic mass is 9.93. The minimum absolute atomic E-state index is 0.125. The molecule has 2 aromatic carbocycles. The molecule has 0 aromatic heterocycles. The van der Waals surface area contributed by atoms with E-state index in [1.807, 2.05) is 44.2 Å². The van der Waals surface area contributed by atoms with E-state index < -0.39 is 0 Å². The molecule has 0 fully saturated rings. The highest BCUT2D eigenvalue weighted by Gasteiger charge is 2.16. The molecule has 0 aliphatic carbocycles. The van der Waals surface area contributed by atoms with Gasteiger partial charge in [0.2, 0.25) is 0 Å². The van der Waals surface area contributed by atoms with Crippen LogP contribution in [0.1, 0.15) is 19.4 Å². The zero-order valence-corrected chi connectivity index (χ0v) is 12.0. The summed E-state index contributed by atoms with van der Waals surface area (Å²) in [5.74, 6) is -0.254. The van der Waals surface area contributed by atoms with Crippen LogP contribution in [0.3, 0.4) is 0 Å². The highest BCUT2D eigenvalue weighted by molar-refractivity contribution is 5.74. The van der Waals surface area contributed by atoms with E-state index in [4.69, 9.17) is 4.74 Å². The van der Waals surface area contributed by atoms with Crippen LogP contribution in [-0.2, 0) is 16.0 Å². The molecule has 2 aromatic rings. The van der Waals surface area contributed by atoms with Crippen LogP contribution >= 0.6 is 0 Å². The molecule has 0 N–H and O–H groups in total. The van der Waals surface area contributed by atoms with E-state index >= 15 is 0 Å². The SMILES string of the molecule is CCOC(=O)C(C)Cc1ccccc1-c1ccccc1. The molecule has 0 bridgehead atoms. The van der Waals surface area contributed by atoms with Crippen LogP contribution < -0.4 is 0 Å². The number of carbonyl (C=O) groups excluding carboxylic acids is 1. The van der Waals surface area contributed by atoms with Gasteiger partial charge in [-0.2, -0.15) is 0 Å². The fourth-order valence-electron chi connectivity index (χ4n) is 2.30. The zero-order valence-electron chi connectivity index (χ0n) is 12.0. The number of rotatable bonds is 5. The number of ether oxygens (including phenoxy) is 1. The van der Waals surface area contributed by atoms with Crippen molar-refractivity contribution >= 4 is 5.97 Å². The molecule has 0 saturated heterocycles. The summed E-state index contributed by atoms with van der Waals surface area (Å²) in [7, 11) is 0. The molecule has 1 unspecified atom stereocenters. The molecule has 0 radical (unpaired) electrons. The van der Waals surface area contributed by atoms with Crippen molar-refractivity contribution in [2.24, 2.45) is 5.92 Å². The minimum atomic E-state index is -0.129. The largest absolute Gasteiger partial charge is 0.466 e. The molecule has 0 heterocycles. The summed E-state index contributed by atoms with van der Waals surface area (Å²) < 4.78 is 5.08. The predicted molar refractivity (Wildman–Crippen MR) is 81.4 cm³/mol. The molecule has 0 saturated carbocycles. The monoisotopic (exact) mass is 268 g/mol. The van der Waals surface area contributed by atoms with Gasteiger partial charge in [0.25, 0.3) is 0 Å². The fourth-order valence-corrected chi connectivity index (χ4v) is 2.30. The van der Waals surface area contributed by atoms with Crippen molar-refractivity contribution in [3.63, 3.8) is 0 Å². The smallest absolute Gasteiger partial charge is 0.308 e. The van der Waals surface area contributed by atoms with E-state index in [1.54, 1.807) is 0 Å². The topological polar surface area (TPSA) is 26.3 Å². The molecular weight excluding hydrogens is 248 g/mol. The Morgan fingerprint density at radius 3 is 2.40 bits per heavy atom. The Morgan fingerprint density at radius 2 is 1.70 bits per heavy atom. The molecule has 2 rings (SSSR count). The summed E-state index contributed by atoms with van der Waals surface area (Å²) in [4.78, 5) is 11.8. The molecule has 0 spiro atoms.